The van der Waals surface area contributed by atoms with Crippen LogP contribution in [-0.2, 0) is 0 Å². The highest BCUT2D eigenvalue weighted by Gasteiger charge is 2.17. The van der Waals surface area contributed by atoms with Crippen molar-refractivity contribution in [2.45, 2.75) is 6.92 Å². The number of nitrogens with one attached hydrogen (secondary N) is 1. The Morgan fingerprint density at radius 2 is 1.74 bits per heavy atom. The first kappa shape index (κ1) is 17.1. The molecular formula is C16H13Cl2NO4. The summed E-state index contributed by atoms with van der Waals surface area (Å²) in [6.07, 6.45) is 0. The van der Waals surface area contributed by atoms with E-state index >= 15 is 0 Å². The van der Waals surface area contributed by atoms with Crippen molar-refractivity contribution in [3.8, 4) is 5.75 Å². The highest BCUT2D eigenvalue weighted by atomic mass is 35.5. The fourth-order valence-electron chi connectivity index (χ4n) is 1.96. The van der Waals surface area contributed by atoms with Crippen LogP contribution in [0.5, 0.6) is 5.75 Å². The van der Waals surface area contributed by atoms with Crippen molar-refractivity contribution < 1.29 is 19.4 Å². The third-order valence-corrected chi connectivity index (χ3v) is 3.42. The largest absolute Gasteiger partial charge is 0.493 e. The second kappa shape index (κ2) is 7.35. The second-order valence-electron chi connectivity index (χ2n) is 4.52. The molecule has 23 heavy (non-hydrogen) atoms. The first-order valence-corrected chi connectivity index (χ1v) is 7.44. The van der Waals surface area contributed by atoms with E-state index in [0.717, 1.165) is 0 Å². The molecule has 0 unspecified atom stereocenters. The van der Waals surface area contributed by atoms with Crippen molar-refractivity contribution in [1.29, 1.82) is 0 Å². The van der Waals surface area contributed by atoms with Crippen LogP contribution >= 0.6 is 23.2 Å². The lowest BCUT2D eigenvalue weighted by Gasteiger charge is -2.12. The van der Waals surface area contributed by atoms with Gasteiger partial charge < -0.3 is 15.2 Å². The van der Waals surface area contributed by atoms with Crippen LogP contribution in [0.25, 0.3) is 0 Å². The van der Waals surface area contributed by atoms with Gasteiger partial charge in [0.25, 0.3) is 5.91 Å². The van der Waals surface area contributed by atoms with E-state index in [9.17, 15) is 14.7 Å². The lowest BCUT2D eigenvalue weighted by molar-refractivity contribution is 0.0698. The Hall–Kier alpha value is -2.24. The van der Waals surface area contributed by atoms with E-state index in [0.29, 0.717) is 22.4 Å². The fraction of sp³-hybridized carbons (Fsp3) is 0.125. The first-order chi connectivity index (χ1) is 10.9. The fourth-order valence-corrected chi connectivity index (χ4v) is 2.30. The Kier molecular flexibility index (Phi) is 5.47. The van der Waals surface area contributed by atoms with Gasteiger partial charge in [0.2, 0.25) is 0 Å². The van der Waals surface area contributed by atoms with Crippen LogP contribution in [0.4, 0.5) is 5.69 Å². The highest BCUT2D eigenvalue weighted by Crippen LogP contribution is 2.26. The number of carbonyl (C=O) groups is 2. The summed E-state index contributed by atoms with van der Waals surface area (Å²) in [7, 11) is 0. The van der Waals surface area contributed by atoms with E-state index in [1.165, 1.54) is 24.3 Å². The number of amides is 1. The molecule has 0 heterocycles. The van der Waals surface area contributed by atoms with E-state index in [-0.39, 0.29) is 16.8 Å². The van der Waals surface area contributed by atoms with Gasteiger partial charge in [-0.1, -0.05) is 23.2 Å². The quantitative estimate of drug-likeness (QED) is 0.837. The zero-order valence-electron chi connectivity index (χ0n) is 12.1. The van der Waals surface area contributed by atoms with Crippen molar-refractivity contribution in [1.82, 2.24) is 0 Å². The summed E-state index contributed by atoms with van der Waals surface area (Å²) in [6.45, 7) is 2.16. The number of anilines is 1. The highest BCUT2D eigenvalue weighted by molar-refractivity contribution is 6.31. The molecule has 7 heteroatoms. The van der Waals surface area contributed by atoms with Crippen molar-refractivity contribution in [2.75, 3.05) is 11.9 Å². The van der Waals surface area contributed by atoms with E-state index < -0.39 is 11.9 Å². The summed E-state index contributed by atoms with van der Waals surface area (Å²) >= 11 is 11.8. The Morgan fingerprint density at radius 1 is 1.09 bits per heavy atom. The minimum Gasteiger partial charge on any atom is -0.493 e. The monoisotopic (exact) mass is 353 g/mol. The SMILES string of the molecule is CCOc1ccc(Cl)cc1C(=O)Nc1cc(Cl)ccc1C(=O)O. The number of ether oxygens (including phenoxy) is 1. The average Bonchev–Trinajstić information content (AvgIpc) is 2.49. The lowest BCUT2D eigenvalue weighted by Crippen LogP contribution is -2.16. The molecule has 0 radical (unpaired) electrons. The van der Waals surface area contributed by atoms with E-state index in [2.05, 4.69) is 5.32 Å². The minimum absolute atomic E-state index is 0.0669. The minimum atomic E-state index is -1.17. The Balaban J connectivity index is 2.38. The number of carboxylic acids is 1. The van der Waals surface area contributed by atoms with Gasteiger partial charge >= 0.3 is 5.97 Å². The molecule has 2 aromatic carbocycles. The zero-order chi connectivity index (χ0) is 17.0. The van der Waals surface area contributed by atoms with E-state index in [1.807, 2.05) is 0 Å². The molecule has 2 aromatic rings. The molecule has 0 fully saturated rings. The van der Waals surface area contributed by atoms with Gasteiger partial charge in [0.15, 0.2) is 0 Å². The van der Waals surface area contributed by atoms with Gasteiger partial charge in [-0.15, -0.1) is 0 Å². The molecule has 2 N–H and O–H groups in total. The van der Waals surface area contributed by atoms with Gasteiger partial charge in [-0.25, -0.2) is 4.79 Å². The van der Waals surface area contributed by atoms with Crippen LogP contribution in [-0.4, -0.2) is 23.6 Å². The van der Waals surface area contributed by atoms with Gasteiger partial charge in [-0.3, -0.25) is 4.79 Å². The number of benzene rings is 2. The summed E-state index contributed by atoms with van der Waals surface area (Å²) in [6, 6.07) is 8.76. The predicted molar refractivity (Wildman–Crippen MR) is 89.0 cm³/mol. The van der Waals surface area contributed by atoms with E-state index in [4.69, 9.17) is 27.9 Å². The van der Waals surface area contributed by atoms with Crippen LogP contribution in [0.15, 0.2) is 36.4 Å². The average molecular weight is 354 g/mol. The maximum Gasteiger partial charge on any atom is 0.337 e. The molecule has 0 saturated heterocycles. The molecule has 0 bridgehead atoms. The molecule has 120 valence electrons. The molecule has 0 aliphatic heterocycles. The maximum atomic E-state index is 12.5. The molecule has 1 amide bonds. The molecule has 0 atom stereocenters. The van der Waals surface area contributed by atoms with Crippen LogP contribution < -0.4 is 10.1 Å². The second-order valence-corrected chi connectivity index (χ2v) is 5.40. The normalized spacial score (nSPS) is 10.2. The number of halogens is 2. The Bertz CT molecular complexity index is 762. The summed E-state index contributed by atoms with van der Waals surface area (Å²) in [4.78, 5) is 23.7. The summed E-state index contributed by atoms with van der Waals surface area (Å²) in [5.41, 5.74) is 0.232. The number of carboxylic acid groups (broad SMARTS) is 1. The number of rotatable bonds is 5. The molecular weight excluding hydrogens is 341 g/mol. The molecule has 0 aliphatic rings. The lowest BCUT2D eigenvalue weighted by atomic mass is 10.1. The van der Waals surface area contributed by atoms with Crippen molar-refractivity contribution in [3.05, 3.63) is 57.6 Å². The van der Waals surface area contributed by atoms with Gasteiger partial charge in [-0.2, -0.15) is 0 Å². The summed E-state index contributed by atoms with van der Waals surface area (Å²) < 4.78 is 5.39. The summed E-state index contributed by atoms with van der Waals surface area (Å²) in [5.74, 6) is -1.36. The van der Waals surface area contributed by atoms with Crippen molar-refractivity contribution in [2.24, 2.45) is 0 Å². The molecule has 2 rings (SSSR count). The third-order valence-electron chi connectivity index (χ3n) is 2.95. The van der Waals surface area contributed by atoms with Gasteiger partial charge in [0.1, 0.15) is 5.75 Å². The maximum absolute atomic E-state index is 12.5. The van der Waals surface area contributed by atoms with Gasteiger partial charge in [-0.05, 0) is 43.3 Å². The van der Waals surface area contributed by atoms with Crippen molar-refractivity contribution in [3.63, 3.8) is 0 Å². The van der Waals surface area contributed by atoms with Gasteiger partial charge in [0.05, 0.1) is 23.4 Å². The van der Waals surface area contributed by atoms with Crippen LogP contribution in [0, 0.1) is 0 Å². The number of carbonyl (C=O) groups excluding carboxylic acids is 1. The topological polar surface area (TPSA) is 75.6 Å². The van der Waals surface area contributed by atoms with Crippen LogP contribution in [0.1, 0.15) is 27.6 Å². The Labute approximate surface area is 142 Å². The third kappa shape index (κ3) is 4.15. The molecule has 0 spiro atoms. The smallest absolute Gasteiger partial charge is 0.337 e. The zero-order valence-corrected chi connectivity index (χ0v) is 13.6. The Morgan fingerprint density at radius 3 is 2.39 bits per heavy atom. The van der Waals surface area contributed by atoms with Crippen LogP contribution in [0.2, 0.25) is 10.0 Å². The van der Waals surface area contributed by atoms with Crippen LogP contribution in [0.3, 0.4) is 0 Å². The number of hydrogen-bond donors (Lipinski definition) is 2. The van der Waals surface area contributed by atoms with Crippen molar-refractivity contribution >= 4 is 40.8 Å². The van der Waals surface area contributed by atoms with E-state index in [1.54, 1.807) is 19.1 Å². The molecule has 5 nitrogen and oxygen atoms in total. The standard InChI is InChI=1S/C16H13Cl2NO4/c1-2-23-14-6-4-9(17)7-12(14)15(20)19-13-8-10(18)3-5-11(13)16(21)22/h3-8H,2H2,1H3,(H,19,20)(H,21,22). The molecule has 0 aliphatic carbocycles. The number of aromatic carboxylic acids is 1. The molecule has 0 saturated carbocycles. The number of hydrogen-bond acceptors (Lipinski definition) is 3. The predicted octanol–water partition coefficient (Wildman–Crippen LogP) is 4.34. The van der Waals surface area contributed by atoms with Gasteiger partial charge in [0, 0.05) is 10.0 Å². The summed E-state index contributed by atoms with van der Waals surface area (Å²) in [5, 5.41) is 12.4. The molecule has 0 aromatic heterocycles. The first-order valence-electron chi connectivity index (χ1n) is 6.69.